The van der Waals surface area contributed by atoms with E-state index in [-0.39, 0.29) is 0 Å². The molecule has 0 aromatic carbocycles. The van der Waals surface area contributed by atoms with Crippen molar-refractivity contribution in [3.63, 3.8) is 0 Å². The Morgan fingerprint density at radius 1 is 1.28 bits per heavy atom. The van der Waals surface area contributed by atoms with E-state index in [0.29, 0.717) is 5.92 Å². The van der Waals surface area contributed by atoms with Crippen molar-refractivity contribution in [1.29, 1.82) is 0 Å². The van der Waals surface area contributed by atoms with Gasteiger partial charge in [-0.3, -0.25) is 10.2 Å². The Kier molecular flexibility index (Phi) is 3.36. The smallest absolute Gasteiger partial charge is 0.137 e. The number of rotatable bonds is 4. The lowest BCUT2D eigenvalue weighted by Gasteiger charge is -2.30. The summed E-state index contributed by atoms with van der Waals surface area (Å²) in [6.45, 7) is 3.40. The lowest BCUT2D eigenvalue weighted by molar-refractivity contribution is 0.211. The van der Waals surface area contributed by atoms with E-state index < -0.39 is 0 Å². The van der Waals surface area contributed by atoms with Crippen LogP contribution in [-0.4, -0.2) is 49.9 Å². The predicted octanol–water partition coefficient (Wildman–Crippen LogP) is 0.950. The molecule has 1 saturated heterocycles. The topological polar surface area (TPSA) is 73.5 Å². The molecule has 1 fully saturated rings. The lowest BCUT2D eigenvalue weighted by atomic mass is 9.96. The van der Waals surface area contributed by atoms with Gasteiger partial charge in [-0.25, -0.2) is 4.98 Å². The van der Waals surface area contributed by atoms with Gasteiger partial charge in [0.15, 0.2) is 0 Å². The van der Waals surface area contributed by atoms with Crippen LogP contribution >= 0.6 is 0 Å². The van der Waals surface area contributed by atoms with Gasteiger partial charge in [0, 0.05) is 18.7 Å². The molecule has 6 heteroatoms. The predicted molar refractivity (Wildman–Crippen MR) is 67.1 cm³/mol. The van der Waals surface area contributed by atoms with E-state index in [9.17, 15) is 0 Å². The molecule has 0 radical (unpaired) electrons. The zero-order chi connectivity index (χ0) is 12.2. The molecule has 2 aromatic rings. The summed E-state index contributed by atoms with van der Waals surface area (Å²) in [7, 11) is 0. The normalized spacial score (nSPS) is 18.2. The van der Waals surface area contributed by atoms with Crippen LogP contribution < -0.4 is 0 Å². The van der Waals surface area contributed by atoms with Crippen LogP contribution in [0.15, 0.2) is 18.7 Å². The van der Waals surface area contributed by atoms with Crippen LogP contribution in [0.25, 0.3) is 0 Å². The molecule has 0 atom stereocenters. The first-order valence-electron chi connectivity index (χ1n) is 6.47. The highest BCUT2D eigenvalue weighted by molar-refractivity contribution is 5.03. The summed E-state index contributed by atoms with van der Waals surface area (Å²) in [5, 5.41) is 13.7. The molecule has 0 spiro atoms. The third-order valence-corrected chi connectivity index (χ3v) is 3.68. The van der Waals surface area contributed by atoms with E-state index >= 15 is 0 Å². The largest absolute Gasteiger partial charge is 0.303 e. The Morgan fingerprint density at radius 3 is 2.83 bits per heavy atom. The molecule has 3 heterocycles. The summed E-state index contributed by atoms with van der Waals surface area (Å²) in [6.07, 6.45) is 8.88. The van der Waals surface area contributed by atoms with Gasteiger partial charge in [-0.1, -0.05) is 0 Å². The van der Waals surface area contributed by atoms with Crippen molar-refractivity contribution in [2.45, 2.75) is 25.2 Å². The van der Waals surface area contributed by atoms with Crippen molar-refractivity contribution in [1.82, 2.24) is 30.3 Å². The third-order valence-electron chi connectivity index (χ3n) is 3.68. The molecule has 18 heavy (non-hydrogen) atoms. The Labute approximate surface area is 106 Å². The second kappa shape index (κ2) is 5.30. The maximum atomic E-state index is 4.25. The van der Waals surface area contributed by atoms with Crippen molar-refractivity contribution in [3.05, 3.63) is 30.1 Å². The van der Waals surface area contributed by atoms with Crippen LogP contribution in [0.1, 0.15) is 30.1 Å². The van der Waals surface area contributed by atoms with Crippen LogP contribution in [0.3, 0.4) is 0 Å². The fourth-order valence-electron chi connectivity index (χ4n) is 2.54. The van der Waals surface area contributed by atoms with Crippen molar-refractivity contribution in [2.24, 2.45) is 0 Å². The number of hydrogen-bond donors (Lipinski definition) is 2. The molecule has 2 N–H and O–H groups in total. The highest BCUT2D eigenvalue weighted by atomic mass is 15.2. The van der Waals surface area contributed by atoms with Crippen LogP contribution in [0.4, 0.5) is 0 Å². The molecule has 0 amide bonds. The summed E-state index contributed by atoms with van der Waals surface area (Å²) >= 11 is 0. The Bertz CT molecular complexity index is 441. The van der Waals surface area contributed by atoms with Gasteiger partial charge < -0.3 is 4.90 Å². The molecule has 1 aliphatic rings. The number of aromatic nitrogens is 5. The first-order valence-corrected chi connectivity index (χ1v) is 6.47. The molecular formula is C12H18N6. The highest BCUT2D eigenvalue weighted by Crippen LogP contribution is 2.24. The lowest BCUT2D eigenvalue weighted by Crippen LogP contribution is -2.34. The minimum absolute atomic E-state index is 0.553. The van der Waals surface area contributed by atoms with Crippen LogP contribution in [0, 0.1) is 0 Å². The summed E-state index contributed by atoms with van der Waals surface area (Å²) in [4.78, 5) is 6.77. The molecule has 1 aliphatic heterocycles. The quantitative estimate of drug-likeness (QED) is 0.842. The SMILES string of the molecule is c1n[nH]c(C2CCN(CCc3cn[nH]c3)CC2)n1. The molecule has 96 valence electrons. The number of nitrogens with one attached hydrogen (secondary N) is 2. The van der Waals surface area contributed by atoms with E-state index in [1.54, 1.807) is 6.33 Å². The van der Waals surface area contributed by atoms with Crippen molar-refractivity contribution in [3.8, 4) is 0 Å². The molecule has 0 saturated carbocycles. The molecule has 3 rings (SSSR count). The van der Waals surface area contributed by atoms with Crippen LogP contribution in [0.2, 0.25) is 0 Å². The van der Waals surface area contributed by atoms with Gasteiger partial charge >= 0.3 is 0 Å². The van der Waals surface area contributed by atoms with Crippen molar-refractivity contribution in [2.75, 3.05) is 19.6 Å². The minimum Gasteiger partial charge on any atom is -0.303 e. The Hall–Kier alpha value is -1.69. The van der Waals surface area contributed by atoms with Gasteiger partial charge in [0.05, 0.1) is 6.20 Å². The van der Waals surface area contributed by atoms with E-state index in [1.165, 1.54) is 18.4 Å². The van der Waals surface area contributed by atoms with Gasteiger partial charge in [0.25, 0.3) is 0 Å². The average Bonchev–Trinajstić information content (AvgIpc) is 3.10. The number of likely N-dealkylation sites (tertiary alicyclic amines) is 1. The van der Waals surface area contributed by atoms with E-state index in [4.69, 9.17) is 0 Å². The fourth-order valence-corrected chi connectivity index (χ4v) is 2.54. The molecule has 2 aromatic heterocycles. The van der Waals surface area contributed by atoms with Gasteiger partial charge in [-0.05, 0) is 37.9 Å². The molecule has 0 aliphatic carbocycles. The van der Waals surface area contributed by atoms with E-state index in [1.807, 2.05) is 12.4 Å². The third kappa shape index (κ3) is 2.59. The van der Waals surface area contributed by atoms with Gasteiger partial charge in [0.1, 0.15) is 12.2 Å². The van der Waals surface area contributed by atoms with E-state index in [2.05, 4.69) is 30.3 Å². The number of aromatic amines is 2. The summed E-state index contributed by atoms with van der Waals surface area (Å²) in [6, 6.07) is 0. The molecule has 6 nitrogen and oxygen atoms in total. The van der Waals surface area contributed by atoms with Crippen LogP contribution in [-0.2, 0) is 6.42 Å². The number of hydrogen-bond acceptors (Lipinski definition) is 4. The number of H-pyrrole nitrogens is 2. The molecular weight excluding hydrogens is 228 g/mol. The maximum Gasteiger partial charge on any atom is 0.137 e. The zero-order valence-electron chi connectivity index (χ0n) is 10.3. The summed E-state index contributed by atoms with van der Waals surface area (Å²) in [5.41, 5.74) is 1.28. The van der Waals surface area contributed by atoms with Gasteiger partial charge in [0.2, 0.25) is 0 Å². The summed E-state index contributed by atoms with van der Waals surface area (Å²) < 4.78 is 0. The second-order valence-electron chi connectivity index (χ2n) is 4.84. The van der Waals surface area contributed by atoms with Gasteiger partial charge in [-0.2, -0.15) is 10.2 Å². The van der Waals surface area contributed by atoms with Crippen molar-refractivity contribution < 1.29 is 0 Å². The van der Waals surface area contributed by atoms with Gasteiger partial charge in [-0.15, -0.1) is 0 Å². The number of nitrogens with zero attached hydrogens (tertiary/aromatic N) is 4. The number of piperidine rings is 1. The Morgan fingerprint density at radius 2 is 2.17 bits per heavy atom. The zero-order valence-corrected chi connectivity index (χ0v) is 10.3. The summed E-state index contributed by atoms with van der Waals surface area (Å²) in [5.74, 6) is 1.60. The maximum absolute atomic E-state index is 4.25. The second-order valence-corrected chi connectivity index (χ2v) is 4.84. The minimum atomic E-state index is 0.553. The first kappa shape index (κ1) is 11.4. The molecule has 0 unspecified atom stereocenters. The highest BCUT2D eigenvalue weighted by Gasteiger charge is 2.22. The monoisotopic (exact) mass is 246 g/mol. The first-order chi connectivity index (χ1) is 8.92. The average molecular weight is 246 g/mol. The van der Waals surface area contributed by atoms with E-state index in [0.717, 1.165) is 31.9 Å². The standard InChI is InChI=1S/C12H18N6/c1(10-7-14-15-8-10)4-18-5-2-11(3-6-18)12-13-9-16-17-12/h7-9,11H,1-6H2,(H,14,15)(H,13,16,17). The van der Waals surface area contributed by atoms with Crippen molar-refractivity contribution >= 4 is 0 Å². The van der Waals surface area contributed by atoms with Crippen LogP contribution in [0.5, 0.6) is 0 Å². The Balaban J connectivity index is 1.45. The fraction of sp³-hybridized carbons (Fsp3) is 0.583. The molecule has 0 bridgehead atoms.